The Morgan fingerprint density at radius 3 is 1.52 bits per heavy atom. The third kappa shape index (κ3) is 5.51. The topological polar surface area (TPSA) is 77.0 Å². The van der Waals surface area contributed by atoms with Crippen LogP contribution in [0.2, 0.25) is 0 Å². The van der Waals surface area contributed by atoms with Crippen molar-refractivity contribution in [2.45, 2.75) is 6.54 Å². The van der Waals surface area contributed by atoms with Gasteiger partial charge in [-0.2, -0.15) is 0 Å². The highest BCUT2D eigenvalue weighted by Gasteiger charge is 2.15. The predicted molar refractivity (Wildman–Crippen MR) is 206 cm³/mol. The predicted octanol–water partition coefficient (Wildman–Crippen LogP) is 11.2. The highest BCUT2D eigenvalue weighted by Crippen LogP contribution is 2.36. The summed E-state index contributed by atoms with van der Waals surface area (Å²) in [6, 6.07) is 55.6. The van der Waals surface area contributed by atoms with E-state index >= 15 is 0 Å². The minimum atomic E-state index is 0.400. The Morgan fingerprint density at radius 2 is 0.940 bits per heavy atom. The molecule has 2 N–H and O–H groups in total. The van der Waals surface area contributed by atoms with Gasteiger partial charge in [0.05, 0.1) is 6.54 Å². The van der Waals surface area contributed by atoms with Crippen molar-refractivity contribution in [3.8, 4) is 22.3 Å². The van der Waals surface area contributed by atoms with Gasteiger partial charge in [-0.25, -0.2) is 4.99 Å². The smallest absolute Gasteiger partial charge is 0.157 e. The molecule has 0 aliphatic carbocycles. The van der Waals surface area contributed by atoms with Gasteiger partial charge in [-0.3, -0.25) is 4.99 Å². The summed E-state index contributed by atoms with van der Waals surface area (Å²) >= 11 is 0. The van der Waals surface area contributed by atoms with Gasteiger partial charge in [0, 0.05) is 32.7 Å². The lowest BCUT2D eigenvalue weighted by Crippen LogP contribution is -2.16. The largest absolute Gasteiger partial charge is 0.456 e. The number of hydrogen-bond acceptors (Lipinski definition) is 3. The Bertz CT molecular complexity index is 2610. The van der Waals surface area contributed by atoms with Gasteiger partial charge in [-0.05, 0) is 82.4 Å². The summed E-state index contributed by atoms with van der Waals surface area (Å²) in [7, 11) is 0. The Balaban J connectivity index is 1.24. The molecule has 9 aromatic rings. The van der Waals surface area contributed by atoms with Gasteiger partial charge in [0.25, 0.3) is 0 Å². The van der Waals surface area contributed by atoms with Crippen LogP contribution in [0.3, 0.4) is 0 Å². The number of benzene rings is 7. The molecule has 0 aliphatic heterocycles. The molecule has 0 saturated carbocycles. The van der Waals surface area contributed by atoms with E-state index in [1.54, 1.807) is 0 Å². The highest BCUT2D eigenvalue weighted by atomic mass is 16.3. The van der Waals surface area contributed by atoms with Crippen molar-refractivity contribution in [3.63, 3.8) is 0 Å². The van der Waals surface area contributed by atoms with E-state index < -0.39 is 0 Å². The first kappa shape index (κ1) is 29.4. The standard InChI is InChI=1S/C45H31N3O2/c46-44(30-13-5-2-6-14-30)48-45(47-28-29-11-3-1-4-12-29)35-24-33(31-19-21-38-36-15-7-9-17-40(36)49-42(38)26-31)23-34(25-35)32-20-22-39-37-16-8-10-18-41(37)50-43(39)27-32/h1-27H,28H2,(H2,46,47,48). The van der Waals surface area contributed by atoms with Gasteiger partial charge < -0.3 is 14.6 Å². The molecular weight excluding hydrogens is 615 g/mol. The lowest BCUT2D eigenvalue weighted by molar-refractivity contribution is 0.668. The van der Waals surface area contributed by atoms with E-state index in [-0.39, 0.29) is 0 Å². The first-order valence-electron chi connectivity index (χ1n) is 16.6. The third-order valence-corrected chi connectivity index (χ3v) is 9.17. The fourth-order valence-electron chi connectivity index (χ4n) is 6.63. The Hall–Kier alpha value is -6.72. The molecule has 238 valence electrons. The Morgan fingerprint density at radius 1 is 0.440 bits per heavy atom. The van der Waals surface area contributed by atoms with Gasteiger partial charge in [-0.15, -0.1) is 0 Å². The molecule has 0 unspecified atom stereocenters. The second-order valence-corrected chi connectivity index (χ2v) is 12.4. The van der Waals surface area contributed by atoms with E-state index in [0.717, 1.165) is 82.8 Å². The zero-order valence-corrected chi connectivity index (χ0v) is 27.1. The van der Waals surface area contributed by atoms with Crippen molar-refractivity contribution in [2.75, 3.05) is 0 Å². The summed E-state index contributed by atoms with van der Waals surface area (Å²) in [5.41, 5.74) is 16.9. The molecule has 0 atom stereocenters. The number of para-hydroxylation sites is 2. The Kier molecular flexibility index (Phi) is 7.29. The van der Waals surface area contributed by atoms with Gasteiger partial charge in [0.15, 0.2) is 5.84 Å². The summed E-state index contributed by atoms with van der Waals surface area (Å²) in [4.78, 5) is 10.0. The van der Waals surface area contributed by atoms with Crippen LogP contribution in [0.5, 0.6) is 0 Å². The first-order valence-corrected chi connectivity index (χ1v) is 16.6. The van der Waals surface area contributed by atoms with Crippen LogP contribution >= 0.6 is 0 Å². The second-order valence-electron chi connectivity index (χ2n) is 12.4. The number of furan rings is 2. The molecule has 0 spiro atoms. The highest BCUT2D eigenvalue weighted by molar-refractivity contribution is 6.12. The van der Waals surface area contributed by atoms with Crippen molar-refractivity contribution in [1.82, 2.24) is 0 Å². The van der Waals surface area contributed by atoms with Crippen LogP contribution in [0.15, 0.2) is 183 Å². The molecule has 0 radical (unpaired) electrons. The van der Waals surface area contributed by atoms with Crippen LogP contribution < -0.4 is 5.73 Å². The van der Waals surface area contributed by atoms with Gasteiger partial charge in [0.2, 0.25) is 0 Å². The SMILES string of the molecule is NC(=NC(=NCc1ccccc1)c1cc(-c2ccc3c(c2)oc2ccccc23)cc(-c2ccc3c(c2)oc2ccccc23)c1)c1ccccc1. The van der Waals surface area contributed by atoms with Gasteiger partial charge in [-0.1, -0.05) is 109 Å². The molecule has 50 heavy (non-hydrogen) atoms. The van der Waals surface area contributed by atoms with Crippen LogP contribution in [0.25, 0.3) is 66.1 Å². The first-order chi connectivity index (χ1) is 24.7. The molecule has 2 heterocycles. The van der Waals surface area contributed by atoms with E-state index in [1.807, 2.05) is 84.9 Å². The number of nitrogens with zero attached hydrogens (tertiary/aromatic N) is 2. The molecule has 9 rings (SSSR count). The molecule has 0 fully saturated rings. The van der Waals surface area contributed by atoms with E-state index in [4.69, 9.17) is 24.6 Å². The molecule has 2 aromatic heterocycles. The number of fused-ring (bicyclic) bond motifs is 6. The summed E-state index contributed by atoms with van der Waals surface area (Å²) in [6.07, 6.45) is 0. The van der Waals surface area contributed by atoms with Crippen molar-refractivity contribution >= 4 is 55.5 Å². The van der Waals surface area contributed by atoms with E-state index in [2.05, 4.69) is 78.9 Å². The summed E-state index contributed by atoms with van der Waals surface area (Å²) in [6.45, 7) is 0.456. The molecule has 0 saturated heterocycles. The number of amidine groups is 2. The quantitative estimate of drug-likeness (QED) is 0.144. The molecule has 7 aromatic carbocycles. The number of hydrogen-bond donors (Lipinski definition) is 1. The molecule has 0 amide bonds. The van der Waals surface area contributed by atoms with E-state index in [1.165, 1.54) is 0 Å². The van der Waals surface area contributed by atoms with Crippen LogP contribution in [0.1, 0.15) is 16.7 Å². The van der Waals surface area contributed by atoms with Crippen LogP contribution in [-0.2, 0) is 6.54 Å². The summed E-state index contributed by atoms with van der Waals surface area (Å²) in [5.74, 6) is 0.949. The van der Waals surface area contributed by atoms with E-state index in [9.17, 15) is 0 Å². The normalized spacial score (nSPS) is 12.4. The lowest BCUT2D eigenvalue weighted by Gasteiger charge is -2.12. The average molecular weight is 646 g/mol. The van der Waals surface area contributed by atoms with Crippen molar-refractivity contribution in [3.05, 3.63) is 180 Å². The molecular formula is C45H31N3O2. The zero-order valence-electron chi connectivity index (χ0n) is 27.1. The number of aliphatic imine (C=N–C) groups is 2. The molecule has 0 aliphatic rings. The summed E-state index contributed by atoms with van der Waals surface area (Å²) in [5, 5.41) is 4.37. The minimum absolute atomic E-state index is 0.400. The fraction of sp³-hybridized carbons (Fsp3) is 0.0222. The van der Waals surface area contributed by atoms with Crippen LogP contribution in [0, 0.1) is 0 Å². The number of rotatable bonds is 6. The van der Waals surface area contributed by atoms with Crippen molar-refractivity contribution < 1.29 is 8.83 Å². The van der Waals surface area contributed by atoms with Gasteiger partial charge >= 0.3 is 0 Å². The van der Waals surface area contributed by atoms with Crippen LogP contribution in [-0.4, -0.2) is 11.7 Å². The van der Waals surface area contributed by atoms with E-state index in [0.29, 0.717) is 18.2 Å². The maximum absolute atomic E-state index is 6.64. The monoisotopic (exact) mass is 645 g/mol. The maximum atomic E-state index is 6.64. The van der Waals surface area contributed by atoms with Crippen molar-refractivity contribution in [2.24, 2.45) is 15.7 Å². The lowest BCUT2D eigenvalue weighted by atomic mass is 9.94. The Labute approximate surface area is 288 Å². The van der Waals surface area contributed by atoms with Crippen molar-refractivity contribution in [1.29, 1.82) is 0 Å². The molecule has 5 nitrogen and oxygen atoms in total. The second kappa shape index (κ2) is 12.4. The zero-order chi connectivity index (χ0) is 33.4. The fourth-order valence-corrected chi connectivity index (χ4v) is 6.63. The minimum Gasteiger partial charge on any atom is -0.456 e. The summed E-state index contributed by atoms with van der Waals surface area (Å²) < 4.78 is 12.6. The van der Waals surface area contributed by atoms with Gasteiger partial charge in [0.1, 0.15) is 28.2 Å². The molecule has 5 heteroatoms. The average Bonchev–Trinajstić information content (AvgIpc) is 3.74. The number of nitrogens with two attached hydrogens (primary N) is 1. The maximum Gasteiger partial charge on any atom is 0.157 e. The molecule has 0 bridgehead atoms. The third-order valence-electron chi connectivity index (χ3n) is 9.17. The van der Waals surface area contributed by atoms with Crippen LogP contribution in [0.4, 0.5) is 0 Å².